The Bertz CT molecular complexity index is 736. The molecule has 1 heterocycles. The van der Waals surface area contributed by atoms with Gasteiger partial charge in [0, 0.05) is 18.1 Å². The number of aliphatic hydroxyl groups is 1. The topological polar surface area (TPSA) is 136 Å². The number of β-lactam (4-membered cyclic amide) rings is 1. The van der Waals surface area contributed by atoms with Crippen molar-refractivity contribution in [2.45, 2.75) is 39.0 Å². The van der Waals surface area contributed by atoms with Gasteiger partial charge < -0.3 is 15.2 Å². The predicted molar refractivity (Wildman–Crippen MR) is 88.8 cm³/mol. The molecule has 1 aromatic carbocycles. The van der Waals surface area contributed by atoms with Crippen LogP contribution in [0, 0.1) is 22.0 Å². The van der Waals surface area contributed by atoms with Crippen LogP contribution >= 0.6 is 0 Å². The van der Waals surface area contributed by atoms with Gasteiger partial charge in [0.1, 0.15) is 6.61 Å². The van der Waals surface area contributed by atoms with Crippen molar-refractivity contribution in [2.24, 2.45) is 11.8 Å². The fraction of sp³-hybridized carbons (Fsp3) is 0.471. The van der Waals surface area contributed by atoms with Gasteiger partial charge in [-0.25, -0.2) is 4.79 Å². The summed E-state index contributed by atoms with van der Waals surface area (Å²) in [6, 6.07) is 4.74. The number of carbonyl (C=O) groups excluding carboxylic acids is 3. The van der Waals surface area contributed by atoms with Crippen molar-refractivity contribution < 1.29 is 29.2 Å². The number of nitro groups is 1. The lowest BCUT2D eigenvalue weighted by Crippen LogP contribution is -2.68. The van der Waals surface area contributed by atoms with Crippen LogP contribution in [0.4, 0.5) is 5.69 Å². The van der Waals surface area contributed by atoms with Crippen molar-refractivity contribution in [3.63, 3.8) is 0 Å². The number of hydrogen-bond acceptors (Lipinski definition) is 7. The van der Waals surface area contributed by atoms with Crippen molar-refractivity contribution >= 4 is 23.3 Å². The van der Waals surface area contributed by atoms with Crippen LogP contribution in [-0.2, 0) is 25.7 Å². The largest absolute Gasteiger partial charge is 0.455 e. The highest BCUT2D eigenvalue weighted by Gasteiger charge is 2.52. The van der Waals surface area contributed by atoms with Crippen molar-refractivity contribution in [3.8, 4) is 0 Å². The average molecular weight is 364 g/mol. The number of carbonyl (C=O) groups is 3. The number of rotatable bonds is 7. The van der Waals surface area contributed by atoms with Gasteiger partial charge in [0.2, 0.25) is 11.7 Å². The molecule has 0 spiro atoms. The van der Waals surface area contributed by atoms with Crippen molar-refractivity contribution in [1.82, 2.24) is 5.32 Å². The molecule has 0 saturated carbocycles. The number of amides is 1. The Morgan fingerprint density at radius 1 is 1.35 bits per heavy atom. The van der Waals surface area contributed by atoms with Crippen LogP contribution in [0.1, 0.15) is 26.3 Å². The molecule has 2 rings (SSSR count). The van der Waals surface area contributed by atoms with Crippen molar-refractivity contribution in [2.75, 3.05) is 0 Å². The monoisotopic (exact) mass is 364 g/mol. The molecule has 0 radical (unpaired) electrons. The van der Waals surface area contributed by atoms with Crippen LogP contribution in [0.3, 0.4) is 0 Å². The van der Waals surface area contributed by atoms with Crippen LogP contribution in [0.5, 0.6) is 0 Å². The van der Waals surface area contributed by atoms with Gasteiger partial charge in [0.05, 0.1) is 22.5 Å². The number of ketones is 1. The summed E-state index contributed by atoms with van der Waals surface area (Å²) in [5.74, 6) is -3.89. The fourth-order valence-electron chi connectivity index (χ4n) is 2.86. The molecule has 0 aliphatic carbocycles. The van der Waals surface area contributed by atoms with E-state index in [1.54, 1.807) is 0 Å². The Hall–Kier alpha value is -2.81. The van der Waals surface area contributed by atoms with E-state index < -0.39 is 40.2 Å². The van der Waals surface area contributed by atoms with E-state index in [1.165, 1.54) is 45.0 Å². The second-order valence-corrected chi connectivity index (χ2v) is 6.82. The van der Waals surface area contributed by atoms with Gasteiger partial charge in [0.15, 0.2) is 0 Å². The normalized spacial score (nSPS) is 20.5. The first kappa shape index (κ1) is 19.5. The summed E-state index contributed by atoms with van der Waals surface area (Å²) < 4.78 is 4.94. The molecule has 2 N–H and O–H groups in total. The van der Waals surface area contributed by atoms with E-state index in [4.69, 9.17) is 4.74 Å². The quantitative estimate of drug-likeness (QED) is 0.239. The molecule has 1 saturated heterocycles. The first-order valence-corrected chi connectivity index (χ1v) is 7.99. The van der Waals surface area contributed by atoms with Crippen LogP contribution in [0.25, 0.3) is 0 Å². The van der Waals surface area contributed by atoms with E-state index in [0.29, 0.717) is 5.56 Å². The average Bonchev–Trinajstić information content (AvgIpc) is 2.54. The summed E-state index contributed by atoms with van der Waals surface area (Å²) in [6.07, 6.45) is 0. The number of non-ortho nitro benzene ring substituents is 1. The van der Waals surface area contributed by atoms with E-state index in [0.717, 1.165) is 0 Å². The lowest BCUT2D eigenvalue weighted by atomic mass is 9.72. The highest BCUT2D eigenvalue weighted by Crippen LogP contribution is 2.32. The second-order valence-electron chi connectivity index (χ2n) is 6.82. The molecular weight excluding hydrogens is 344 g/mol. The molecule has 9 nitrogen and oxygen atoms in total. The van der Waals surface area contributed by atoms with Crippen molar-refractivity contribution in [3.05, 3.63) is 39.9 Å². The number of Topliss-reactive ketones (excluding diaryl/α,β-unsaturated/α-hetero) is 1. The third-order valence-electron chi connectivity index (χ3n) is 4.38. The molecule has 3 atom stereocenters. The molecule has 1 aliphatic rings. The molecule has 3 unspecified atom stereocenters. The zero-order valence-corrected chi connectivity index (χ0v) is 14.6. The lowest BCUT2D eigenvalue weighted by molar-refractivity contribution is -0.384. The second kappa shape index (κ2) is 7.20. The number of benzene rings is 1. The Labute approximate surface area is 149 Å². The summed E-state index contributed by atoms with van der Waals surface area (Å²) in [6.45, 7) is 4.21. The molecule has 0 aromatic heterocycles. The van der Waals surface area contributed by atoms with Gasteiger partial charge in [-0.15, -0.1) is 0 Å². The van der Waals surface area contributed by atoms with Gasteiger partial charge in [-0.1, -0.05) is 6.92 Å². The predicted octanol–water partition coefficient (Wildman–Crippen LogP) is 0.729. The van der Waals surface area contributed by atoms with E-state index in [9.17, 15) is 29.6 Å². The molecule has 1 amide bonds. The van der Waals surface area contributed by atoms with E-state index in [-0.39, 0.29) is 18.2 Å². The molecular formula is C17H20N2O7. The SMILES string of the molecule is CC(C(=O)C(=O)OCc1ccc([N+](=O)[O-])cc1)C1NC(=O)C1C(C)(C)O. The third kappa shape index (κ3) is 4.05. The van der Waals surface area contributed by atoms with Gasteiger partial charge in [-0.05, 0) is 31.5 Å². The summed E-state index contributed by atoms with van der Waals surface area (Å²) in [5.41, 5.74) is -0.914. The molecule has 0 bridgehead atoms. The Morgan fingerprint density at radius 2 is 1.92 bits per heavy atom. The van der Waals surface area contributed by atoms with Gasteiger partial charge in [-0.3, -0.25) is 19.7 Å². The lowest BCUT2D eigenvalue weighted by Gasteiger charge is -2.45. The van der Waals surface area contributed by atoms with E-state index in [2.05, 4.69) is 5.32 Å². The summed E-state index contributed by atoms with van der Waals surface area (Å²) >= 11 is 0. The first-order valence-electron chi connectivity index (χ1n) is 7.99. The zero-order valence-electron chi connectivity index (χ0n) is 14.6. The summed E-state index contributed by atoms with van der Waals surface area (Å²) in [7, 11) is 0. The van der Waals surface area contributed by atoms with Crippen LogP contribution in [0.2, 0.25) is 0 Å². The molecule has 9 heteroatoms. The maximum atomic E-state index is 12.2. The highest BCUT2D eigenvalue weighted by atomic mass is 16.6. The van der Waals surface area contributed by atoms with E-state index in [1.807, 2.05) is 0 Å². The minimum Gasteiger partial charge on any atom is -0.455 e. The molecule has 140 valence electrons. The van der Waals surface area contributed by atoms with Gasteiger partial charge in [-0.2, -0.15) is 0 Å². The molecule has 1 fully saturated rings. The minimum atomic E-state index is -1.32. The van der Waals surface area contributed by atoms with E-state index >= 15 is 0 Å². The molecule has 26 heavy (non-hydrogen) atoms. The summed E-state index contributed by atoms with van der Waals surface area (Å²) in [5, 5.41) is 23.1. The number of nitrogens with zero attached hydrogens (tertiary/aromatic N) is 1. The first-order chi connectivity index (χ1) is 12.0. The highest BCUT2D eigenvalue weighted by molar-refractivity contribution is 6.34. The molecule has 1 aliphatic heterocycles. The van der Waals surface area contributed by atoms with Crippen LogP contribution in [-0.4, -0.2) is 39.3 Å². The van der Waals surface area contributed by atoms with Gasteiger partial charge in [0.25, 0.3) is 5.69 Å². The Balaban J connectivity index is 1.94. The van der Waals surface area contributed by atoms with Crippen LogP contribution < -0.4 is 5.32 Å². The number of hydrogen-bond donors (Lipinski definition) is 2. The third-order valence-corrected chi connectivity index (χ3v) is 4.38. The number of esters is 1. The van der Waals surface area contributed by atoms with Gasteiger partial charge >= 0.3 is 5.97 Å². The maximum absolute atomic E-state index is 12.2. The Morgan fingerprint density at radius 3 is 2.38 bits per heavy atom. The smallest absolute Gasteiger partial charge is 0.375 e. The summed E-state index contributed by atoms with van der Waals surface area (Å²) in [4.78, 5) is 45.8. The maximum Gasteiger partial charge on any atom is 0.375 e. The molecule has 1 aromatic rings. The number of ether oxygens (including phenoxy) is 1. The fourth-order valence-corrected chi connectivity index (χ4v) is 2.86. The minimum absolute atomic E-state index is 0.0943. The Kier molecular flexibility index (Phi) is 5.41. The number of nitrogens with one attached hydrogen (secondary N) is 1. The standard InChI is InChI=1S/C17H20N2O7/c1-9(13-12(15(21)18-13)17(2,3)23)14(20)16(22)26-8-10-4-6-11(7-5-10)19(24)25/h4-7,9,12-13,23H,8H2,1-3H3,(H,18,21). The zero-order chi connectivity index (χ0) is 19.6. The van der Waals surface area contributed by atoms with Crippen molar-refractivity contribution in [1.29, 1.82) is 0 Å². The van der Waals surface area contributed by atoms with Crippen LogP contribution in [0.15, 0.2) is 24.3 Å². The number of nitro benzene ring substituents is 1.